The molecule has 27 heavy (non-hydrogen) atoms. The van der Waals surface area contributed by atoms with Crippen molar-refractivity contribution in [3.63, 3.8) is 0 Å². The second-order valence-corrected chi connectivity index (χ2v) is 5.70. The summed E-state index contributed by atoms with van der Waals surface area (Å²) < 4.78 is 0. The number of amides is 2. The smallest absolute Gasteiger partial charge is 0.269 e. The number of anilines is 3. The Labute approximate surface area is 156 Å². The Hall–Kier alpha value is -3.81. The van der Waals surface area contributed by atoms with E-state index in [4.69, 9.17) is 0 Å². The molecule has 136 valence electrons. The lowest BCUT2D eigenvalue weighted by Crippen LogP contribution is -2.20. The van der Waals surface area contributed by atoms with Crippen LogP contribution in [0.4, 0.5) is 17.3 Å². The number of rotatable bonds is 6. The van der Waals surface area contributed by atoms with Crippen LogP contribution in [0.15, 0.2) is 48.8 Å². The van der Waals surface area contributed by atoms with Gasteiger partial charge < -0.3 is 16.0 Å². The molecule has 3 rings (SSSR count). The van der Waals surface area contributed by atoms with Crippen LogP contribution < -0.4 is 16.0 Å². The highest BCUT2D eigenvalue weighted by molar-refractivity contribution is 5.93. The molecule has 0 spiro atoms. The predicted molar refractivity (Wildman–Crippen MR) is 103 cm³/mol. The fourth-order valence-electron chi connectivity index (χ4n) is 2.51. The van der Waals surface area contributed by atoms with Crippen molar-refractivity contribution in [2.24, 2.45) is 0 Å². The van der Waals surface area contributed by atoms with E-state index in [-0.39, 0.29) is 5.91 Å². The molecule has 0 saturated heterocycles. The fourth-order valence-corrected chi connectivity index (χ4v) is 2.51. The van der Waals surface area contributed by atoms with Gasteiger partial charge in [-0.3, -0.25) is 9.59 Å². The van der Waals surface area contributed by atoms with Crippen LogP contribution in [0, 0.1) is 6.92 Å². The molecule has 2 aromatic heterocycles. The van der Waals surface area contributed by atoms with Crippen LogP contribution in [0.2, 0.25) is 0 Å². The zero-order chi connectivity index (χ0) is 19.2. The highest BCUT2D eigenvalue weighted by Crippen LogP contribution is 2.21. The Kier molecular flexibility index (Phi) is 5.36. The van der Waals surface area contributed by atoms with Gasteiger partial charge in [0.05, 0.1) is 17.6 Å². The molecule has 1 aromatic carbocycles. The standard InChI is InChI=1S/C19H18N6O2/c1-12-9-15(10-22-17(12)18(27)20-2)24-19-21-8-7-16(25-19)13-3-5-14(6-4-13)23-11-26/h3-11H,1-2H3,(H,20,27)(H,23,26)(H,21,24,25). The van der Waals surface area contributed by atoms with Crippen LogP contribution in [-0.2, 0) is 4.79 Å². The molecule has 0 aliphatic rings. The lowest BCUT2D eigenvalue weighted by atomic mass is 10.1. The van der Waals surface area contributed by atoms with Crippen LogP contribution in [0.5, 0.6) is 0 Å². The maximum atomic E-state index is 11.7. The van der Waals surface area contributed by atoms with Gasteiger partial charge in [-0.05, 0) is 36.8 Å². The van der Waals surface area contributed by atoms with E-state index in [0.29, 0.717) is 29.4 Å². The maximum Gasteiger partial charge on any atom is 0.269 e. The number of hydrogen-bond acceptors (Lipinski definition) is 6. The number of pyridine rings is 1. The monoisotopic (exact) mass is 362 g/mol. The Balaban J connectivity index is 1.80. The zero-order valence-electron chi connectivity index (χ0n) is 14.9. The maximum absolute atomic E-state index is 11.7. The first-order valence-corrected chi connectivity index (χ1v) is 8.20. The second kappa shape index (κ2) is 8.05. The van der Waals surface area contributed by atoms with E-state index in [1.165, 1.54) is 0 Å². The number of aryl methyl sites for hydroxylation is 1. The van der Waals surface area contributed by atoms with Crippen molar-refractivity contribution >= 4 is 29.6 Å². The number of aromatic nitrogens is 3. The molecule has 3 aromatic rings. The molecular weight excluding hydrogens is 344 g/mol. The van der Waals surface area contributed by atoms with E-state index >= 15 is 0 Å². The highest BCUT2D eigenvalue weighted by atomic mass is 16.1. The Morgan fingerprint density at radius 1 is 1.07 bits per heavy atom. The fraction of sp³-hybridized carbons (Fsp3) is 0.105. The van der Waals surface area contributed by atoms with Gasteiger partial charge in [0.2, 0.25) is 12.4 Å². The van der Waals surface area contributed by atoms with Crippen molar-refractivity contribution < 1.29 is 9.59 Å². The van der Waals surface area contributed by atoms with Gasteiger partial charge in [0, 0.05) is 24.5 Å². The summed E-state index contributed by atoms with van der Waals surface area (Å²) in [4.78, 5) is 35.1. The molecule has 0 bridgehead atoms. The minimum atomic E-state index is -0.232. The molecule has 3 N–H and O–H groups in total. The predicted octanol–water partition coefficient (Wildman–Crippen LogP) is 2.52. The Morgan fingerprint density at radius 2 is 1.85 bits per heavy atom. The van der Waals surface area contributed by atoms with Crippen LogP contribution in [0.3, 0.4) is 0 Å². The number of carbonyl (C=O) groups is 2. The molecule has 0 aliphatic carbocycles. The first-order valence-electron chi connectivity index (χ1n) is 8.20. The summed E-state index contributed by atoms with van der Waals surface area (Å²) in [6.45, 7) is 1.81. The number of nitrogens with zero attached hydrogens (tertiary/aromatic N) is 3. The van der Waals surface area contributed by atoms with Gasteiger partial charge in [-0.2, -0.15) is 0 Å². The quantitative estimate of drug-likeness (QED) is 0.582. The van der Waals surface area contributed by atoms with Crippen molar-refractivity contribution in [1.29, 1.82) is 0 Å². The highest BCUT2D eigenvalue weighted by Gasteiger charge is 2.10. The van der Waals surface area contributed by atoms with E-state index in [1.807, 2.05) is 25.1 Å². The number of benzene rings is 1. The molecular formula is C19H18N6O2. The van der Waals surface area contributed by atoms with E-state index in [9.17, 15) is 9.59 Å². The third-order valence-electron chi connectivity index (χ3n) is 3.84. The van der Waals surface area contributed by atoms with Crippen LogP contribution >= 0.6 is 0 Å². The van der Waals surface area contributed by atoms with Gasteiger partial charge in [-0.1, -0.05) is 12.1 Å². The van der Waals surface area contributed by atoms with Gasteiger partial charge in [0.15, 0.2) is 0 Å². The van der Waals surface area contributed by atoms with Gasteiger partial charge in [0.1, 0.15) is 5.69 Å². The van der Waals surface area contributed by atoms with E-state index in [0.717, 1.165) is 16.8 Å². The van der Waals surface area contributed by atoms with Crippen molar-refractivity contribution in [3.05, 3.63) is 60.0 Å². The number of nitrogens with one attached hydrogen (secondary N) is 3. The largest absolute Gasteiger partial charge is 0.354 e. The Morgan fingerprint density at radius 3 is 2.52 bits per heavy atom. The second-order valence-electron chi connectivity index (χ2n) is 5.70. The summed E-state index contributed by atoms with van der Waals surface area (Å²) in [5.41, 5.74) is 4.13. The van der Waals surface area contributed by atoms with Crippen molar-refractivity contribution in [3.8, 4) is 11.3 Å². The van der Waals surface area contributed by atoms with E-state index in [2.05, 4.69) is 30.9 Å². The zero-order valence-corrected chi connectivity index (χ0v) is 14.9. The lowest BCUT2D eigenvalue weighted by Gasteiger charge is -2.09. The summed E-state index contributed by atoms with van der Waals surface area (Å²) in [6, 6.07) is 10.9. The third kappa shape index (κ3) is 4.24. The average Bonchev–Trinajstić information content (AvgIpc) is 2.68. The van der Waals surface area contributed by atoms with Gasteiger partial charge in [-0.15, -0.1) is 0 Å². The summed E-state index contributed by atoms with van der Waals surface area (Å²) in [5.74, 6) is 0.182. The van der Waals surface area contributed by atoms with Gasteiger partial charge in [-0.25, -0.2) is 15.0 Å². The summed E-state index contributed by atoms with van der Waals surface area (Å²) in [5, 5.41) is 8.25. The Bertz CT molecular complexity index is 972. The minimum Gasteiger partial charge on any atom is -0.354 e. The molecule has 2 heterocycles. The number of hydrogen-bond donors (Lipinski definition) is 3. The van der Waals surface area contributed by atoms with Crippen molar-refractivity contribution in [2.75, 3.05) is 17.7 Å². The summed E-state index contributed by atoms with van der Waals surface area (Å²) in [6.07, 6.45) is 3.85. The minimum absolute atomic E-state index is 0.232. The summed E-state index contributed by atoms with van der Waals surface area (Å²) >= 11 is 0. The van der Waals surface area contributed by atoms with E-state index in [1.54, 1.807) is 37.6 Å². The molecule has 0 radical (unpaired) electrons. The van der Waals surface area contributed by atoms with Crippen LogP contribution in [0.1, 0.15) is 16.1 Å². The molecule has 8 nitrogen and oxygen atoms in total. The molecule has 0 atom stereocenters. The molecule has 0 saturated carbocycles. The van der Waals surface area contributed by atoms with E-state index < -0.39 is 0 Å². The normalized spacial score (nSPS) is 10.1. The summed E-state index contributed by atoms with van der Waals surface area (Å²) in [7, 11) is 1.57. The molecule has 0 aliphatic heterocycles. The first kappa shape index (κ1) is 18.0. The molecule has 8 heteroatoms. The lowest BCUT2D eigenvalue weighted by molar-refractivity contribution is -0.105. The topological polar surface area (TPSA) is 109 Å². The average molecular weight is 362 g/mol. The third-order valence-corrected chi connectivity index (χ3v) is 3.84. The molecule has 2 amide bonds. The van der Waals surface area contributed by atoms with Crippen LogP contribution in [0.25, 0.3) is 11.3 Å². The molecule has 0 unspecified atom stereocenters. The van der Waals surface area contributed by atoms with Crippen LogP contribution in [-0.4, -0.2) is 34.3 Å². The van der Waals surface area contributed by atoms with Crippen molar-refractivity contribution in [1.82, 2.24) is 20.3 Å². The number of carbonyl (C=O) groups excluding carboxylic acids is 2. The van der Waals surface area contributed by atoms with Crippen molar-refractivity contribution in [2.45, 2.75) is 6.92 Å². The van der Waals surface area contributed by atoms with Gasteiger partial charge >= 0.3 is 0 Å². The molecule has 0 fully saturated rings. The van der Waals surface area contributed by atoms with Gasteiger partial charge in [0.25, 0.3) is 5.91 Å². The first-order chi connectivity index (χ1) is 13.1. The SMILES string of the molecule is CNC(=O)c1ncc(Nc2nccc(-c3ccc(NC=O)cc3)n2)cc1C.